The van der Waals surface area contributed by atoms with E-state index in [0.29, 0.717) is 16.9 Å². The predicted octanol–water partition coefficient (Wildman–Crippen LogP) is 2.17. The number of nitrogens with one attached hydrogen (secondary N) is 1. The molecule has 2 unspecified atom stereocenters. The van der Waals surface area contributed by atoms with Crippen molar-refractivity contribution >= 4 is 0 Å². The molecule has 0 aromatic carbocycles. The molecule has 0 amide bonds. The fourth-order valence-electron chi connectivity index (χ4n) is 4.10. The standard InChI is InChI=1S/C13H25NO/c1-9(15)8-14-11-12(2,3)10-5-6-13(11,4)7-10/h9-11,14-15H,5-8H2,1-4H3/t9?,10-,11?,13+/m0/s1. The van der Waals surface area contributed by atoms with Gasteiger partial charge in [-0.1, -0.05) is 20.8 Å². The maximum Gasteiger partial charge on any atom is 0.0636 e. The first-order valence-corrected chi connectivity index (χ1v) is 6.28. The van der Waals surface area contributed by atoms with Crippen molar-refractivity contribution in [2.45, 2.75) is 59.1 Å². The highest BCUT2D eigenvalue weighted by Crippen LogP contribution is 2.62. The molecule has 2 heteroatoms. The topological polar surface area (TPSA) is 32.3 Å². The molecular formula is C13H25NO. The Hall–Kier alpha value is -0.0800. The number of rotatable bonds is 3. The lowest BCUT2D eigenvalue weighted by atomic mass is 9.68. The molecule has 0 heterocycles. The molecule has 0 saturated heterocycles. The van der Waals surface area contributed by atoms with Crippen molar-refractivity contribution in [3.8, 4) is 0 Å². The second-order valence-corrected chi connectivity index (χ2v) is 6.61. The van der Waals surface area contributed by atoms with Crippen LogP contribution in [0.15, 0.2) is 0 Å². The quantitative estimate of drug-likeness (QED) is 0.750. The third-order valence-electron chi connectivity index (χ3n) is 4.89. The summed E-state index contributed by atoms with van der Waals surface area (Å²) >= 11 is 0. The Labute approximate surface area is 93.5 Å². The Morgan fingerprint density at radius 1 is 1.40 bits per heavy atom. The minimum absolute atomic E-state index is 0.233. The summed E-state index contributed by atoms with van der Waals surface area (Å²) in [4.78, 5) is 0. The van der Waals surface area contributed by atoms with Crippen LogP contribution in [0.25, 0.3) is 0 Å². The number of hydrogen-bond acceptors (Lipinski definition) is 2. The average Bonchev–Trinajstić information content (AvgIpc) is 2.54. The first-order valence-electron chi connectivity index (χ1n) is 6.28. The largest absolute Gasteiger partial charge is 0.392 e. The van der Waals surface area contributed by atoms with Crippen LogP contribution in [0.2, 0.25) is 0 Å². The molecule has 2 nitrogen and oxygen atoms in total. The second-order valence-electron chi connectivity index (χ2n) is 6.61. The predicted molar refractivity (Wildman–Crippen MR) is 62.7 cm³/mol. The zero-order valence-corrected chi connectivity index (χ0v) is 10.5. The number of aliphatic hydroxyl groups is 1. The highest BCUT2D eigenvalue weighted by molar-refractivity contribution is 5.11. The van der Waals surface area contributed by atoms with E-state index in [9.17, 15) is 5.11 Å². The molecule has 2 aliphatic carbocycles. The molecule has 0 radical (unpaired) electrons. The SMILES string of the molecule is CC(O)CNC1C(C)(C)[C@H]2CC[C@]1(C)C2. The normalized spacial score (nSPS) is 44.6. The Morgan fingerprint density at radius 3 is 2.53 bits per heavy atom. The van der Waals surface area contributed by atoms with Crippen LogP contribution in [0.1, 0.15) is 47.0 Å². The van der Waals surface area contributed by atoms with Gasteiger partial charge in [0.2, 0.25) is 0 Å². The van der Waals surface area contributed by atoms with E-state index in [4.69, 9.17) is 0 Å². The summed E-state index contributed by atoms with van der Waals surface area (Å²) in [6, 6.07) is 0.582. The van der Waals surface area contributed by atoms with Gasteiger partial charge >= 0.3 is 0 Å². The Bertz CT molecular complexity index is 244. The zero-order valence-electron chi connectivity index (χ0n) is 10.5. The maximum atomic E-state index is 9.37. The van der Waals surface area contributed by atoms with Crippen LogP contribution in [0.5, 0.6) is 0 Å². The molecule has 2 rings (SSSR count). The Kier molecular flexibility index (Phi) is 2.63. The van der Waals surface area contributed by atoms with Gasteiger partial charge < -0.3 is 10.4 Å². The van der Waals surface area contributed by atoms with Gasteiger partial charge in [0.1, 0.15) is 0 Å². The molecule has 2 bridgehead atoms. The summed E-state index contributed by atoms with van der Waals surface area (Å²) < 4.78 is 0. The van der Waals surface area contributed by atoms with Crippen molar-refractivity contribution in [3.63, 3.8) is 0 Å². The minimum atomic E-state index is -0.233. The molecule has 0 aromatic heterocycles. The molecule has 2 N–H and O–H groups in total. The molecule has 88 valence electrons. The van der Waals surface area contributed by atoms with Gasteiger partial charge in [-0.05, 0) is 42.9 Å². The fraction of sp³-hybridized carbons (Fsp3) is 1.00. The highest BCUT2D eigenvalue weighted by Gasteiger charge is 2.58. The van der Waals surface area contributed by atoms with E-state index in [1.165, 1.54) is 19.3 Å². The lowest BCUT2D eigenvalue weighted by Gasteiger charge is -2.43. The number of aliphatic hydroxyl groups excluding tert-OH is 1. The summed E-state index contributed by atoms with van der Waals surface area (Å²) in [7, 11) is 0. The minimum Gasteiger partial charge on any atom is -0.392 e. The van der Waals surface area contributed by atoms with Gasteiger partial charge in [-0.3, -0.25) is 0 Å². The molecule has 2 aliphatic rings. The summed E-state index contributed by atoms with van der Waals surface area (Å²) in [5.74, 6) is 0.883. The molecule has 4 atom stereocenters. The van der Waals surface area contributed by atoms with Crippen LogP contribution in [0.3, 0.4) is 0 Å². The van der Waals surface area contributed by atoms with Gasteiger partial charge in [-0.2, -0.15) is 0 Å². The summed E-state index contributed by atoms with van der Waals surface area (Å²) in [5, 5.41) is 13.0. The molecule has 2 saturated carbocycles. The summed E-state index contributed by atoms with van der Waals surface area (Å²) in [5.41, 5.74) is 0.880. The molecular weight excluding hydrogens is 186 g/mol. The Morgan fingerprint density at radius 2 is 2.07 bits per heavy atom. The molecule has 15 heavy (non-hydrogen) atoms. The van der Waals surface area contributed by atoms with Gasteiger partial charge in [0.15, 0.2) is 0 Å². The van der Waals surface area contributed by atoms with Gasteiger partial charge in [-0.15, -0.1) is 0 Å². The first kappa shape index (κ1) is 11.4. The van der Waals surface area contributed by atoms with Crippen LogP contribution in [0.4, 0.5) is 0 Å². The third kappa shape index (κ3) is 1.72. The van der Waals surface area contributed by atoms with E-state index < -0.39 is 0 Å². The van der Waals surface area contributed by atoms with Gasteiger partial charge in [0.05, 0.1) is 6.10 Å². The maximum absolute atomic E-state index is 9.37. The average molecular weight is 211 g/mol. The van der Waals surface area contributed by atoms with Crippen molar-refractivity contribution in [1.29, 1.82) is 0 Å². The fourth-order valence-corrected chi connectivity index (χ4v) is 4.10. The highest BCUT2D eigenvalue weighted by atomic mass is 16.3. The van der Waals surface area contributed by atoms with Crippen LogP contribution in [-0.2, 0) is 0 Å². The van der Waals surface area contributed by atoms with Crippen LogP contribution >= 0.6 is 0 Å². The van der Waals surface area contributed by atoms with Gasteiger partial charge in [-0.25, -0.2) is 0 Å². The number of hydrogen-bond donors (Lipinski definition) is 2. The molecule has 2 fully saturated rings. The van der Waals surface area contributed by atoms with Crippen molar-refractivity contribution < 1.29 is 5.11 Å². The smallest absolute Gasteiger partial charge is 0.0636 e. The van der Waals surface area contributed by atoms with Crippen LogP contribution in [-0.4, -0.2) is 23.8 Å². The lowest BCUT2D eigenvalue weighted by Crippen LogP contribution is -2.51. The monoisotopic (exact) mass is 211 g/mol. The molecule has 0 aromatic rings. The van der Waals surface area contributed by atoms with E-state index >= 15 is 0 Å². The first-order chi connectivity index (χ1) is 6.86. The van der Waals surface area contributed by atoms with E-state index in [1.807, 2.05) is 6.92 Å². The number of fused-ring (bicyclic) bond motifs is 2. The van der Waals surface area contributed by atoms with Crippen molar-refractivity contribution in [1.82, 2.24) is 5.32 Å². The van der Waals surface area contributed by atoms with Crippen molar-refractivity contribution in [2.24, 2.45) is 16.7 Å². The van der Waals surface area contributed by atoms with E-state index in [-0.39, 0.29) is 6.10 Å². The van der Waals surface area contributed by atoms with E-state index in [1.54, 1.807) is 0 Å². The van der Waals surface area contributed by atoms with Crippen molar-refractivity contribution in [3.05, 3.63) is 0 Å². The second kappa shape index (κ2) is 3.46. The third-order valence-corrected chi connectivity index (χ3v) is 4.89. The van der Waals surface area contributed by atoms with Crippen LogP contribution in [0, 0.1) is 16.7 Å². The summed E-state index contributed by atoms with van der Waals surface area (Å²) in [6.07, 6.45) is 3.90. The molecule has 0 spiro atoms. The van der Waals surface area contributed by atoms with E-state index in [0.717, 1.165) is 12.5 Å². The molecule has 0 aliphatic heterocycles. The van der Waals surface area contributed by atoms with Crippen LogP contribution < -0.4 is 5.32 Å². The van der Waals surface area contributed by atoms with E-state index in [2.05, 4.69) is 26.1 Å². The lowest BCUT2D eigenvalue weighted by molar-refractivity contribution is 0.0920. The zero-order chi connectivity index (χ0) is 11.3. The van der Waals surface area contributed by atoms with Crippen molar-refractivity contribution in [2.75, 3.05) is 6.54 Å². The van der Waals surface area contributed by atoms with Gasteiger partial charge in [0, 0.05) is 12.6 Å². The Balaban J connectivity index is 2.09. The summed E-state index contributed by atoms with van der Waals surface area (Å²) in [6.45, 7) is 9.79. The van der Waals surface area contributed by atoms with Gasteiger partial charge in [0.25, 0.3) is 0 Å².